The Kier molecular flexibility index (Phi) is 5.78. The molecule has 0 fully saturated rings. The fraction of sp³-hybridized carbons (Fsp3) is 0. The zero-order valence-electron chi connectivity index (χ0n) is 24.3. The van der Waals surface area contributed by atoms with Gasteiger partial charge in [0.2, 0.25) is 0 Å². The second kappa shape index (κ2) is 10.2. The lowest BCUT2D eigenvalue weighted by molar-refractivity contribution is 1.17. The second-order valence-electron chi connectivity index (χ2n) is 11.3. The van der Waals surface area contributed by atoms with Crippen molar-refractivity contribution < 1.29 is 0 Å². The quantitative estimate of drug-likeness (QED) is 0.196. The van der Waals surface area contributed by atoms with Crippen LogP contribution in [0, 0.1) is 0 Å². The van der Waals surface area contributed by atoms with Crippen molar-refractivity contribution in [3.63, 3.8) is 0 Å². The highest BCUT2D eigenvalue weighted by Crippen LogP contribution is 2.42. The van der Waals surface area contributed by atoms with Crippen LogP contribution < -0.4 is 0 Å². The zero-order chi connectivity index (χ0) is 29.7. The number of nitrogens with zero attached hydrogens (tertiary/aromatic N) is 4. The Morgan fingerprint density at radius 1 is 0.467 bits per heavy atom. The molecule has 4 heterocycles. The van der Waals surface area contributed by atoms with E-state index in [2.05, 4.69) is 119 Å². The SMILES string of the molecule is c1ccc(-c2nc3ccccc3c3c2cc(-c2ccc(-c4nc5ccccn5c4-c4ccccn4)cc2)c2ccccc23)cc1. The molecule has 0 aliphatic carbocycles. The molecule has 0 radical (unpaired) electrons. The van der Waals surface area contributed by atoms with Gasteiger partial charge >= 0.3 is 0 Å². The van der Waals surface area contributed by atoms with E-state index in [9.17, 15) is 0 Å². The van der Waals surface area contributed by atoms with Gasteiger partial charge < -0.3 is 0 Å². The zero-order valence-corrected chi connectivity index (χ0v) is 24.3. The average Bonchev–Trinajstić information content (AvgIpc) is 3.51. The minimum absolute atomic E-state index is 0.893. The van der Waals surface area contributed by atoms with E-state index >= 15 is 0 Å². The summed E-state index contributed by atoms with van der Waals surface area (Å²) in [7, 11) is 0. The van der Waals surface area contributed by atoms with Crippen LogP contribution in [0.25, 0.3) is 83.1 Å². The Labute approximate surface area is 259 Å². The molecule has 0 aliphatic heterocycles. The highest BCUT2D eigenvalue weighted by Gasteiger charge is 2.19. The van der Waals surface area contributed by atoms with Gasteiger partial charge in [-0.3, -0.25) is 9.38 Å². The van der Waals surface area contributed by atoms with Crippen LogP contribution in [0.3, 0.4) is 0 Å². The summed E-state index contributed by atoms with van der Waals surface area (Å²) in [6, 6.07) is 50.9. The van der Waals surface area contributed by atoms with Crippen molar-refractivity contribution in [3.05, 3.63) is 158 Å². The van der Waals surface area contributed by atoms with Crippen LogP contribution >= 0.6 is 0 Å². The molecule has 4 nitrogen and oxygen atoms in total. The number of hydrogen-bond donors (Lipinski definition) is 0. The normalized spacial score (nSPS) is 11.6. The van der Waals surface area contributed by atoms with E-state index in [0.29, 0.717) is 0 Å². The molecular weight excluding hydrogens is 548 g/mol. The Morgan fingerprint density at radius 3 is 1.98 bits per heavy atom. The summed E-state index contributed by atoms with van der Waals surface area (Å²) in [6.07, 6.45) is 3.88. The third-order valence-corrected chi connectivity index (χ3v) is 8.66. The third-order valence-electron chi connectivity index (χ3n) is 8.66. The monoisotopic (exact) mass is 574 g/mol. The molecular formula is C41H26N4. The molecule has 0 N–H and O–H groups in total. The molecule has 45 heavy (non-hydrogen) atoms. The average molecular weight is 575 g/mol. The lowest BCUT2D eigenvalue weighted by Gasteiger charge is -2.16. The van der Waals surface area contributed by atoms with Crippen molar-refractivity contribution in [3.8, 4) is 45.0 Å². The third kappa shape index (κ3) is 4.11. The van der Waals surface area contributed by atoms with Gasteiger partial charge in [0, 0.05) is 39.7 Å². The second-order valence-corrected chi connectivity index (χ2v) is 11.3. The van der Waals surface area contributed by atoms with Gasteiger partial charge in [0.15, 0.2) is 0 Å². The molecule has 0 unspecified atom stereocenters. The van der Waals surface area contributed by atoms with Crippen molar-refractivity contribution in [2.45, 2.75) is 0 Å². The highest BCUT2D eigenvalue weighted by atomic mass is 15.0. The Bertz CT molecular complexity index is 2520. The van der Waals surface area contributed by atoms with Crippen LogP contribution in [-0.4, -0.2) is 19.4 Å². The molecule has 5 aromatic carbocycles. The number of hydrogen-bond acceptors (Lipinski definition) is 3. The van der Waals surface area contributed by atoms with Gasteiger partial charge in [-0.05, 0) is 58.3 Å². The van der Waals surface area contributed by atoms with Gasteiger partial charge in [0.25, 0.3) is 0 Å². The van der Waals surface area contributed by atoms with Crippen molar-refractivity contribution in [1.29, 1.82) is 0 Å². The molecule has 9 aromatic rings. The standard InChI is InChI=1S/C41H26N4/c1-2-12-28(13-3-1)39-34-26-33(30-14-4-5-15-31(30)38(34)32-16-6-7-17-35(32)43-39)27-20-22-29(23-21-27)40-41(36-18-8-10-24-42-36)45-25-11-9-19-37(45)44-40/h1-26H. The van der Waals surface area contributed by atoms with E-state index in [-0.39, 0.29) is 0 Å². The first kappa shape index (κ1) is 25.4. The summed E-state index contributed by atoms with van der Waals surface area (Å²) in [4.78, 5) is 14.9. The number of para-hydroxylation sites is 1. The Morgan fingerprint density at radius 2 is 1.16 bits per heavy atom. The van der Waals surface area contributed by atoms with E-state index in [1.54, 1.807) is 0 Å². The molecule has 0 saturated carbocycles. The predicted octanol–water partition coefficient (Wildman–Crippen LogP) is 10.3. The van der Waals surface area contributed by atoms with E-state index < -0.39 is 0 Å². The molecule has 0 bridgehead atoms. The lowest BCUT2D eigenvalue weighted by atomic mass is 9.89. The number of imidazole rings is 1. The van der Waals surface area contributed by atoms with Crippen molar-refractivity contribution in [2.24, 2.45) is 0 Å². The van der Waals surface area contributed by atoms with Gasteiger partial charge in [-0.1, -0.05) is 109 Å². The van der Waals surface area contributed by atoms with Crippen LogP contribution in [-0.2, 0) is 0 Å². The largest absolute Gasteiger partial charge is 0.298 e. The topological polar surface area (TPSA) is 43.1 Å². The number of fused-ring (bicyclic) bond motifs is 6. The Balaban J connectivity index is 1.27. The molecule has 0 atom stereocenters. The summed E-state index contributed by atoms with van der Waals surface area (Å²) in [5, 5.41) is 5.99. The minimum Gasteiger partial charge on any atom is -0.298 e. The summed E-state index contributed by atoms with van der Waals surface area (Å²) in [6.45, 7) is 0. The predicted molar refractivity (Wildman–Crippen MR) is 185 cm³/mol. The Hall–Kier alpha value is -6.13. The molecule has 4 aromatic heterocycles. The van der Waals surface area contributed by atoms with E-state index in [4.69, 9.17) is 9.97 Å². The molecule has 9 rings (SSSR count). The first-order valence-electron chi connectivity index (χ1n) is 15.1. The maximum Gasteiger partial charge on any atom is 0.137 e. The fourth-order valence-electron chi connectivity index (χ4n) is 6.62. The molecule has 0 aliphatic rings. The lowest BCUT2D eigenvalue weighted by Crippen LogP contribution is -1.93. The first-order chi connectivity index (χ1) is 22.3. The van der Waals surface area contributed by atoms with Gasteiger partial charge in [0.1, 0.15) is 5.65 Å². The maximum atomic E-state index is 5.21. The van der Waals surface area contributed by atoms with Gasteiger partial charge in [-0.15, -0.1) is 0 Å². The van der Waals surface area contributed by atoms with Crippen LogP contribution in [0.15, 0.2) is 158 Å². The summed E-state index contributed by atoms with van der Waals surface area (Å²) in [5.41, 5.74) is 10.2. The van der Waals surface area contributed by atoms with Crippen LogP contribution in [0.1, 0.15) is 0 Å². The number of rotatable bonds is 4. The minimum atomic E-state index is 0.893. The molecule has 0 spiro atoms. The van der Waals surface area contributed by atoms with Crippen LogP contribution in [0.4, 0.5) is 0 Å². The van der Waals surface area contributed by atoms with Crippen LogP contribution in [0.5, 0.6) is 0 Å². The van der Waals surface area contributed by atoms with Crippen molar-refractivity contribution in [1.82, 2.24) is 19.4 Å². The van der Waals surface area contributed by atoms with Crippen molar-refractivity contribution in [2.75, 3.05) is 0 Å². The fourth-order valence-corrected chi connectivity index (χ4v) is 6.62. The van der Waals surface area contributed by atoms with Gasteiger partial charge in [-0.2, -0.15) is 0 Å². The summed E-state index contributed by atoms with van der Waals surface area (Å²) >= 11 is 0. The van der Waals surface area contributed by atoms with E-state index in [1.807, 2.05) is 48.8 Å². The number of aromatic nitrogens is 4. The van der Waals surface area contributed by atoms with Gasteiger partial charge in [-0.25, -0.2) is 9.97 Å². The number of benzene rings is 5. The van der Waals surface area contributed by atoms with Gasteiger partial charge in [0.05, 0.1) is 28.3 Å². The van der Waals surface area contributed by atoms with E-state index in [0.717, 1.165) is 56.0 Å². The summed E-state index contributed by atoms with van der Waals surface area (Å²) in [5.74, 6) is 0. The molecule has 210 valence electrons. The van der Waals surface area contributed by atoms with E-state index in [1.165, 1.54) is 27.1 Å². The van der Waals surface area contributed by atoms with Crippen molar-refractivity contribution >= 4 is 38.1 Å². The smallest absolute Gasteiger partial charge is 0.137 e. The van der Waals surface area contributed by atoms with Crippen LogP contribution in [0.2, 0.25) is 0 Å². The molecule has 4 heteroatoms. The summed E-state index contributed by atoms with van der Waals surface area (Å²) < 4.78 is 2.12. The molecule has 0 saturated heterocycles. The first-order valence-corrected chi connectivity index (χ1v) is 15.1. The maximum absolute atomic E-state index is 5.21. The number of pyridine rings is 3. The molecule has 0 amide bonds. The highest BCUT2D eigenvalue weighted by molar-refractivity contribution is 6.25.